The Hall–Kier alpha value is -1.41. The molecule has 166 valence electrons. The number of likely N-dealkylation sites (tertiary alicyclic amines) is 2. The van der Waals surface area contributed by atoms with Crippen LogP contribution in [0.5, 0.6) is 0 Å². The van der Waals surface area contributed by atoms with Gasteiger partial charge in [0.2, 0.25) is 5.91 Å². The zero-order valence-electron chi connectivity index (χ0n) is 18.4. The fourth-order valence-electron chi connectivity index (χ4n) is 3.99. The average Bonchev–Trinajstić information content (AvgIpc) is 3.10. The van der Waals surface area contributed by atoms with Gasteiger partial charge in [0.05, 0.1) is 11.0 Å². The Morgan fingerprint density at radius 2 is 2.00 bits per heavy atom. The van der Waals surface area contributed by atoms with Gasteiger partial charge in [-0.3, -0.25) is 4.79 Å². The van der Waals surface area contributed by atoms with E-state index in [0.29, 0.717) is 17.5 Å². The summed E-state index contributed by atoms with van der Waals surface area (Å²) in [5, 5.41) is 3.13. The molecule has 2 atom stereocenters. The molecule has 0 radical (unpaired) electrons. The predicted octanol–water partition coefficient (Wildman–Crippen LogP) is 2.53. The molecule has 2 fully saturated rings. The Balaban J connectivity index is 1.87. The molecule has 3 N–H and O–H groups in total. The molecular formula is C21H38N4O3S. The van der Waals surface area contributed by atoms with Gasteiger partial charge in [-0.25, -0.2) is 4.79 Å². The van der Waals surface area contributed by atoms with Crippen molar-refractivity contribution < 1.29 is 14.3 Å². The molecule has 0 aromatic carbocycles. The number of ether oxygens (including phenoxy) is 1. The second kappa shape index (κ2) is 10.6. The molecule has 29 heavy (non-hydrogen) atoms. The van der Waals surface area contributed by atoms with E-state index in [1.165, 1.54) is 19.3 Å². The number of rotatable bonds is 8. The van der Waals surface area contributed by atoms with Gasteiger partial charge in [0, 0.05) is 26.2 Å². The van der Waals surface area contributed by atoms with Crippen molar-refractivity contribution in [1.82, 2.24) is 15.1 Å². The summed E-state index contributed by atoms with van der Waals surface area (Å²) in [7, 11) is 0. The van der Waals surface area contributed by atoms with Crippen LogP contribution in [0.15, 0.2) is 0 Å². The summed E-state index contributed by atoms with van der Waals surface area (Å²) in [6, 6.07) is -0.536. The molecule has 2 aliphatic heterocycles. The number of carbonyl (C=O) groups is 2. The number of carbonyl (C=O) groups excluding carboxylic acids is 2. The van der Waals surface area contributed by atoms with Crippen LogP contribution >= 0.6 is 12.2 Å². The largest absolute Gasteiger partial charge is 0.447 e. The first-order valence-electron chi connectivity index (χ1n) is 10.9. The molecule has 0 aromatic rings. The van der Waals surface area contributed by atoms with Gasteiger partial charge < -0.3 is 25.6 Å². The topological polar surface area (TPSA) is 87.9 Å². The van der Waals surface area contributed by atoms with Crippen molar-refractivity contribution in [2.75, 3.05) is 32.8 Å². The van der Waals surface area contributed by atoms with Crippen LogP contribution in [0.3, 0.4) is 0 Å². The normalized spacial score (nSPS) is 20.9. The SMILES string of the molecule is CCCCC1CN(C(=O)OC[C@H]2CCCN2C(=O)[C@@H](NC(=S)CN)C(C)(C)C)C1. The fraction of sp³-hybridized carbons (Fsp3) is 0.857. The minimum Gasteiger partial charge on any atom is -0.447 e. The summed E-state index contributed by atoms with van der Waals surface area (Å²) in [6.07, 6.45) is 5.07. The van der Waals surface area contributed by atoms with Crippen LogP contribution < -0.4 is 11.1 Å². The van der Waals surface area contributed by atoms with E-state index < -0.39 is 6.04 Å². The average molecular weight is 427 g/mol. The van der Waals surface area contributed by atoms with Crippen molar-refractivity contribution in [2.24, 2.45) is 17.1 Å². The maximum absolute atomic E-state index is 13.3. The molecule has 0 unspecified atom stereocenters. The third kappa shape index (κ3) is 6.54. The summed E-state index contributed by atoms with van der Waals surface area (Å²) in [5.41, 5.74) is 5.30. The Kier molecular flexibility index (Phi) is 8.70. The smallest absolute Gasteiger partial charge is 0.409 e. The van der Waals surface area contributed by atoms with Crippen molar-refractivity contribution in [1.29, 1.82) is 0 Å². The molecule has 8 heteroatoms. The number of thiocarbonyl (C=S) groups is 1. The molecule has 2 rings (SSSR count). The van der Waals surface area contributed by atoms with Gasteiger partial charge in [-0.05, 0) is 30.6 Å². The molecule has 7 nitrogen and oxygen atoms in total. The van der Waals surface area contributed by atoms with Crippen LogP contribution in [-0.2, 0) is 9.53 Å². The highest BCUT2D eigenvalue weighted by Gasteiger charge is 2.40. The number of nitrogens with zero attached hydrogens (tertiary/aromatic N) is 2. The van der Waals surface area contributed by atoms with Crippen molar-refractivity contribution in [2.45, 2.75) is 71.9 Å². The number of nitrogens with one attached hydrogen (secondary N) is 1. The van der Waals surface area contributed by atoms with Crippen LogP contribution in [0.25, 0.3) is 0 Å². The van der Waals surface area contributed by atoms with Crippen LogP contribution in [-0.4, -0.2) is 71.7 Å². The van der Waals surface area contributed by atoms with Crippen molar-refractivity contribution in [3.8, 4) is 0 Å². The minimum atomic E-state index is -0.454. The van der Waals surface area contributed by atoms with E-state index in [1.54, 1.807) is 4.90 Å². The fourth-order valence-corrected chi connectivity index (χ4v) is 4.10. The third-order valence-electron chi connectivity index (χ3n) is 5.84. The first-order chi connectivity index (χ1) is 13.7. The second-order valence-electron chi connectivity index (χ2n) is 9.39. The van der Waals surface area contributed by atoms with Crippen LogP contribution in [0.1, 0.15) is 59.8 Å². The molecular weight excluding hydrogens is 388 g/mol. The van der Waals surface area contributed by atoms with Gasteiger partial charge in [0.1, 0.15) is 12.6 Å². The lowest BCUT2D eigenvalue weighted by molar-refractivity contribution is -0.137. The highest BCUT2D eigenvalue weighted by atomic mass is 32.1. The van der Waals surface area contributed by atoms with Crippen LogP contribution in [0.4, 0.5) is 4.79 Å². The van der Waals surface area contributed by atoms with Crippen molar-refractivity contribution in [3.63, 3.8) is 0 Å². The van der Waals surface area contributed by atoms with Gasteiger partial charge in [-0.15, -0.1) is 0 Å². The van der Waals surface area contributed by atoms with Gasteiger partial charge >= 0.3 is 6.09 Å². The van der Waals surface area contributed by atoms with E-state index in [1.807, 2.05) is 25.7 Å². The first-order valence-corrected chi connectivity index (χ1v) is 11.3. The Labute approximate surface area is 180 Å². The summed E-state index contributed by atoms with van der Waals surface area (Å²) in [6.45, 7) is 10.9. The molecule has 0 spiro atoms. The molecule has 0 bridgehead atoms. The maximum atomic E-state index is 13.3. The first kappa shape index (κ1) is 23.9. The molecule has 0 aromatic heterocycles. The minimum absolute atomic E-state index is 0.00423. The van der Waals surface area contributed by atoms with E-state index in [2.05, 4.69) is 12.2 Å². The number of amides is 2. The number of hydrogen-bond acceptors (Lipinski definition) is 5. The summed E-state index contributed by atoms with van der Waals surface area (Å²) in [5.74, 6) is 0.604. The molecule has 0 aliphatic carbocycles. The quantitative estimate of drug-likeness (QED) is 0.580. The standard InChI is InChI=1S/C21H38N4O3S/c1-5-6-8-15-12-24(13-15)20(27)28-14-16-9-7-10-25(16)19(26)18(21(2,3)4)23-17(29)11-22/h15-16,18H,5-14,22H2,1-4H3,(H,23,29)/t16-,18-/m1/s1. The zero-order valence-corrected chi connectivity index (χ0v) is 19.2. The van der Waals surface area contributed by atoms with E-state index in [-0.39, 0.29) is 36.6 Å². The lowest BCUT2D eigenvalue weighted by Crippen LogP contribution is -2.57. The van der Waals surface area contributed by atoms with E-state index in [0.717, 1.165) is 25.9 Å². The van der Waals surface area contributed by atoms with E-state index in [4.69, 9.17) is 22.7 Å². The van der Waals surface area contributed by atoms with Gasteiger partial charge in [-0.2, -0.15) is 0 Å². The number of hydrogen-bond donors (Lipinski definition) is 2. The van der Waals surface area contributed by atoms with E-state index in [9.17, 15) is 9.59 Å². The predicted molar refractivity (Wildman–Crippen MR) is 119 cm³/mol. The summed E-state index contributed by atoms with van der Waals surface area (Å²) < 4.78 is 5.56. The molecule has 2 saturated heterocycles. The Morgan fingerprint density at radius 1 is 1.31 bits per heavy atom. The van der Waals surface area contributed by atoms with Crippen molar-refractivity contribution >= 4 is 29.2 Å². The highest BCUT2D eigenvalue weighted by Crippen LogP contribution is 2.27. The summed E-state index contributed by atoms with van der Waals surface area (Å²) >= 11 is 5.21. The zero-order chi connectivity index (χ0) is 21.6. The van der Waals surface area contributed by atoms with Crippen LogP contribution in [0, 0.1) is 11.3 Å². The third-order valence-corrected chi connectivity index (χ3v) is 6.13. The van der Waals surface area contributed by atoms with Gasteiger partial charge in [-0.1, -0.05) is 52.8 Å². The monoisotopic (exact) mass is 426 g/mol. The molecule has 2 heterocycles. The molecule has 2 amide bonds. The Morgan fingerprint density at radius 3 is 2.59 bits per heavy atom. The summed E-state index contributed by atoms with van der Waals surface area (Å²) in [4.78, 5) is 29.7. The van der Waals surface area contributed by atoms with Crippen molar-refractivity contribution in [3.05, 3.63) is 0 Å². The number of unbranched alkanes of at least 4 members (excludes halogenated alkanes) is 1. The van der Waals surface area contributed by atoms with Gasteiger partial charge in [0.25, 0.3) is 0 Å². The number of nitrogens with two attached hydrogens (primary N) is 1. The molecule has 2 aliphatic rings. The maximum Gasteiger partial charge on any atom is 0.409 e. The van der Waals surface area contributed by atoms with E-state index >= 15 is 0 Å². The van der Waals surface area contributed by atoms with Crippen LogP contribution in [0.2, 0.25) is 0 Å². The van der Waals surface area contributed by atoms with Gasteiger partial charge in [0.15, 0.2) is 0 Å². The highest BCUT2D eigenvalue weighted by molar-refractivity contribution is 7.80. The molecule has 0 saturated carbocycles. The lowest BCUT2D eigenvalue weighted by Gasteiger charge is -2.39. The second-order valence-corrected chi connectivity index (χ2v) is 9.88. The lowest BCUT2D eigenvalue weighted by atomic mass is 9.85. The Bertz CT molecular complexity index is 587.